The fourth-order valence-corrected chi connectivity index (χ4v) is 4.02. The molecule has 0 saturated heterocycles. The minimum absolute atomic E-state index is 0. The molecule has 0 bridgehead atoms. The van der Waals surface area contributed by atoms with Crippen molar-refractivity contribution in [2.45, 2.75) is 6.42 Å². The van der Waals surface area contributed by atoms with Gasteiger partial charge in [0, 0.05) is 24.7 Å². The van der Waals surface area contributed by atoms with E-state index in [1.54, 1.807) is 19.2 Å². The zero-order chi connectivity index (χ0) is 23.4. The molecule has 1 amide bonds. The highest BCUT2D eigenvalue weighted by Crippen LogP contribution is 2.33. The Bertz CT molecular complexity index is 1150. The number of nitrogens with zero attached hydrogens (tertiary/aromatic N) is 5. The Morgan fingerprint density at radius 1 is 1.06 bits per heavy atom. The second-order valence-electron chi connectivity index (χ2n) is 7.20. The Balaban J connectivity index is 0.00000385. The lowest BCUT2D eigenvalue weighted by atomic mass is 10.1. The SMILES string of the molecule is COc1ccc2sc(N(CCCN(C)C)C(=O)c3cc([N+](=O)[O-])cc([N+](=O)[O-])c3)nc2c1.Cl. The molecule has 2 aromatic carbocycles. The number of nitro benzene ring substituents is 2. The first-order valence-electron chi connectivity index (χ1n) is 9.54. The van der Waals surface area contributed by atoms with Gasteiger partial charge >= 0.3 is 0 Å². The average molecular weight is 496 g/mol. The van der Waals surface area contributed by atoms with Crippen molar-refractivity contribution >= 4 is 56.4 Å². The number of carbonyl (C=O) groups is 1. The van der Waals surface area contributed by atoms with E-state index in [0.29, 0.717) is 29.4 Å². The Morgan fingerprint density at radius 3 is 2.24 bits per heavy atom. The average Bonchev–Trinajstić information content (AvgIpc) is 3.18. The van der Waals surface area contributed by atoms with Crippen LogP contribution >= 0.6 is 23.7 Å². The maximum atomic E-state index is 13.4. The number of ether oxygens (including phenoxy) is 1. The van der Waals surface area contributed by atoms with Gasteiger partial charge in [0.25, 0.3) is 17.3 Å². The number of benzene rings is 2. The molecular weight excluding hydrogens is 474 g/mol. The lowest BCUT2D eigenvalue weighted by molar-refractivity contribution is -0.394. The molecule has 0 N–H and O–H groups in total. The zero-order valence-electron chi connectivity index (χ0n) is 18.1. The molecular formula is C20H22ClN5O6S. The number of carbonyl (C=O) groups excluding carboxylic acids is 1. The second kappa shape index (κ2) is 11.0. The Kier molecular flexibility index (Phi) is 8.63. The molecule has 11 nitrogen and oxygen atoms in total. The molecule has 0 spiro atoms. The molecule has 3 aromatic rings. The zero-order valence-corrected chi connectivity index (χ0v) is 19.7. The molecule has 33 heavy (non-hydrogen) atoms. The topological polar surface area (TPSA) is 132 Å². The lowest BCUT2D eigenvalue weighted by Crippen LogP contribution is -2.33. The van der Waals surface area contributed by atoms with E-state index in [0.717, 1.165) is 22.9 Å². The van der Waals surface area contributed by atoms with Crippen molar-refractivity contribution < 1.29 is 19.4 Å². The van der Waals surface area contributed by atoms with Crippen molar-refractivity contribution in [2.24, 2.45) is 0 Å². The van der Waals surface area contributed by atoms with Crippen LogP contribution in [0.1, 0.15) is 16.8 Å². The molecule has 3 rings (SSSR count). The number of amides is 1. The standard InChI is InChI=1S/C20H21N5O6S.ClH/c1-22(2)7-4-8-23(20-21-17-12-16(31-3)5-6-18(17)32-20)19(26)13-9-14(24(27)28)11-15(10-13)25(29)30;/h5-6,9-12H,4,7-8H2,1-3H3;1H. The Hall–Kier alpha value is -3.35. The molecule has 1 aromatic heterocycles. The van der Waals surface area contributed by atoms with Crippen molar-refractivity contribution in [1.29, 1.82) is 0 Å². The molecule has 0 aliphatic heterocycles. The van der Waals surface area contributed by atoms with E-state index < -0.39 is 27.1 Å². The summed E-state index contributed by atoms with van der Waals surface area (Å²) in [7, 11) is 5.35. The van der Waals surface area contributed by atoms with Gasteiger partial charge in [-0.15, -0.1) is 12.4 Å². The second-order valence-corrected chi connectivity index (χ2v) is 8.21. The molecule has 0 saturated carbocycles. The summed E-state index contributed by atoms with van der Waals surface area (Å²) in [5.41, 5.74) is -0.554. The number of anilines is 1. The summed E-state index contributed by atoms with van der Waals surface area (Å²) in [6.07, 6.45) is 0.606. The van der Waals surface area contributed by atoms with E-state index in [9.17, 15) is 25.0 Å². The summed E-state index contributed by atoms with van der Waals surface area (Å²) < 4.78 is 6.05. The van der Waals surface area contributed by atoms with Gasteiger partial charge in [-0.25, -0.2) is 4.98 Å². The highest BCUT2D eigenvalue weighted by molar-refractivity contribution is 7.22. The minimum Gasteiger partial charge on any atom is -0.497 e. The molecule has 0 fully saturated rings. The number of fused-ring (bicyclic) bond motifs is 1. The summed E-state index contributed by atoms with van der Waals surface area (Å²) in [5.74, 6) is 0.0238. The first kappa shape index (κ1) is 25.9. The molecule has 0 aliphatic carbocycles. The van der Waals surface area contributed by atoms with Crippen LogP contribution in [-0.2, 0) is 0 Å². The van der Waals surface area contributed by atoms with Gasteiger partial charge < -0.3 is 9.64 Å². The molecule has 1 heterocycles. The van der Waals surface area contributed by atoms with Crippen molar-refractivity contribution in [2.75, 3.05) is 39.2 Å². The van der Waals surface area contributed by atoms with Gasteiger partial charge in [-0.3, -0.25) is 29.9 Å². The molecule has 0 atom stereocenters. The summed E-state index contributed by atoms with van der Waals surface area (Å²) >= 11 is 1.28. The molecule has 0 radical (unpaired) electrons. The van der Waals surface area contributed by atoms with Gasteiger partial charge in [0.05, 0.1) is 38.8 Å². The smallest absolute Gasteiger partial charge is 0.277 e. The van der Waals surface area contributed by atoms with Crippen LogP contribution in [0.5, 0.6) is 5.75 Å². The van der Waals surface area contributed by atoms with Crippen LogP contribution in [0.15, 0.2) is 36.4 Å². The van der Waals surface area contributed by atoms with Crippen LogP contribution in [0, 0.1) is 20.2 Å². The number of aromatic nitrogens is 1. The largest absolute Gasteiger partial charge is 0.497 e. The van der Waals surface area contributed by atoms with E-state index in [-0.39, 0.29) is 24.5 Å². The number of methoxy groups -OCH3 is 1. The molecule has 13 heteroatoms. The number of nitro groups is 2. The monoisotopic (exact) mass is 495 g/mol. The highest BCUT2D eigenvalue weighted by atomic mass is 35.5. The normalized spacial score (nSPS) is 10.7. The van der Waals surface area contributed by atoms with Crippen LogP contribution in [0.2, 0.25) is 0 Å². The fourth-order valence-electron chi connectivity index (χ4n) is 3.05. The predicted molar refractivity (Wildman–Crippen MR) is 128 cm³/mol. The summed E-state index contributed by atoms with van der Waals surface area (Å²) in [4.78, 5) is 42.3. The third-order valence-corrected chi connectivity index (χ3v) is 5.68. The number of non-ortho nitro benzene ring substituents is 2. The highest BCUT2D eigenvalue weighted by Gasteiger charge is 2.26. The number of thiazole rings is 1. The number of rotatable bonds is 9. The number of hydrogen-bond donors (Lipinski definition) is 0. The maximum Gasteiger partial charge on any atom is 0.277 e. The van der Waals surface area contributed by atoms with Crippen LogP contribution in [0.25, 0.3) is 10.2 Å². The van der Waals surface area contributed by atoms with Gasteiger partial charge in [-0.2, -0.15) is 0 Å². The van der Waals surface area contributed by atoms with E-state index >= 15 is 0 Å². The van der Waals surface area contributed by atoms with Crippen LogP contribution in [-0.4, -0.2) is 59.9 Å². The van der Waals surface area contributed by atoms with Crippen molar-refractivity contribution in [3.05, 3.63) is 62.2 Å². The van der Waals surface area contributed by atoms with Crippen LogP contribution in [0.4, 0.5) is 16.5 Å². The quantitative estimate of drug-likeness (QED) is 0.319. The van der Waals surface area contributed by atoms with E-state index in [1.807, 2.05) is 25.1 Å². The van der Waals surface area contributed by atoms with Crippen LogP contribution < -0.4 is 9.64 Å². The molecule has 0 aliphatic rings. The van der Waals surface area contributed by atoms with Crippen molar-refractivity contribution in [3.63, 3.8) is 0 Å². The number of halogens is 1. The van der Waals surface area contributed by atoms with Gasteiger partial charge in [0.1, 0.15) is 5.75 Å². The first-order valence-corrected chi connectivity index (χ1v) is 10.4. The Morgan fingerprint density at radius 2 is 1.70 bits per heavy atom. The van der Waals surface area contributed by atoms with Gasteiger partial charge in [-0.05, 0) is 39.2 Å². The first-order chi connectivity index (χ1) is 15.2. The van der Waals surface area contributed by atoms with Gasteiger partial charge in [-0.1, -0.05) is 11.3 Å². The summed E-state index contributed by atoms with van der Waals surface area (Å²) in [5, 5.41) is 22.9. The van der Waals surface area contributed by atoms with E-state index in [2.05, 4.69) is 4.98 Å². The minimum atomic E-state index is -0.760. The Labute approximate surface area is 199 Å². The third kappa shape index (κ3) is 6.12. The summed E-state index contributed by atoms with van der Waals surface area (Å²) in [6.45, 7) is 0.974. The third-order valence-electron chi connectivity index (χ3n) is 4.62. The van der Waals surface area contributed by atoms with Crippen LogP contribution in [0.3, 0.4) is 0 Å². The van der Waals surface area contributed by atoms with Crippen molar-refractivity contribution in [1.82, 2.24) is 9.88 Å². The van der Waals surface area contributed by atoms with Gasteiger partial charge in [0.2, 0.25) is 0 Å². The molecule has 0 unspecified atom stereocenters. The number of hydrogen-bond acceptors (Lipinski definition) is 9. The van der Waals surface area contributed by atoms with E-state index in [4.69, 9.17) is 4.74 Å². The summed E-state index contributed by atoms with van der Waals surface area (Å²) in [6, 6.07) is 8.28. The lowest BCUT2D eigenvalue weighted by Gasteiger charge is -2.21. The predicted octanol–water partition coefficient (Wildman–Crippen LogP) is 4.14. The fraction of sp³-hybridized carbons (Fsp3) is 0.300. The van der Waals surface area contributed by atoms with Crippen molar-refractivity contribution in [3.8, 4) is 5.75 Å². The van der Waals surface area contributed by atoms with Gasteiger partial charge in [0.15, 0.2) is 5.13 Å². The van der Waals surface area contributed by atoms with E-state index in [1.165, 1.54) is 16.2 Å². The maximum absolute atomic E-state index is 13.4. The molecule has 176 valence electrons.